The first-order chi connectivity index (χ1) is 11.5. The minimum Gasteiger partial charge on any atom is -0.493 e. The maximum atomic E-state index is 12.5. The largest absolute Gasteiger partial charge is 0.493 e. The first-order valence-corrected chi connectivity index (χ1v) is 8.58. The van der Waals surface area contributed by atoms with Gasteiger partial charge in [0.15, 0.2) is 11.5 Å². The molecule has 5 nitrogen and oxygen atoms in total. The van der Waals surface area contributed by atoms with Crippen LogP contribution in [0.3, 0.4) is 0 Å². The lowest BCUT2D eigenvalue weighted by atomic mass is 10.1. The lowest BCUT2D eigenvalue weighted by molar-refractivity contribution is -0.132. The highest BCUT2D eigenvalue weighted by atomic mass is 16.5. The number of hydrogen-bond donors (Lipinski definition) is 0. The van der Waals surface area contributed by atoms with Crippen LogP contribution < -0.4 is 14.2 Å². The van der Waals surface area contributed by atoms with Crippen LogP contribution in [-0.4, -0.2) is 44.7 Å². The highest BCUT2D eigenvalue weighted by Gasteiger charge is 2.32. The number of hydrogen-bond acceptors (Lipinski definition) is 4. The molecule has 134 valence electrons. The van der Waals surface area contributed by atoms with Crippen LogP contribution in [0.15, 0.2) is 12.1 Å². The van der Waals surface area contributed by atoms with Gasteiger partial charge in [-0.25, -0.2) is 0 Å². The molecule has 1 aliphatic carbocycles. The highest BCUT2D eigenvalue weighted by Crippen LogP contribution is 2.38. The van der Waals surface area contributed by atoms with E-state index in [0.29, 0.717) is 35.6 Å². The maximum absolute atomic E-state index is 12.5. The molecular formula is C19H29NO4. The van der Waals surface area contributed by atoms with Crippen LogP contribution in [0.25, 0.3) is 0 Å². The van der Waals surface area contributed by atoms with E-state index in [9.17, 15) is 4.79 Å². The van der Waals surface area contributed by atoms with Gasteiger partial charge < -0.3 is 19.1 Å². The average molecular weight is 335 g/mol. The van der Waals surface area contributed by atoms with Gasteiger partial charge in [0.05, 0.1) is 21.3 Å². The van der Waals surface area contributed by atoms with E-state index in [2.05, 4.69) is 13.8 Å². The molecule has 5 heteroatoms. The van der Waals surface area contributed by atoms with Crippen molar-refractivity contribution in [2.75, 3.05) is 27.9 Å². The Kier molecular flexibility index (Phi) is 6.35. The van der Waals surface area contributed by atoms with Gasteiger partial charge in [-0.15, -0.1) is 0 Å². The van der Waals surface area contributed by atoms with Crippen molar-refractivity contribution in [2.24, 2.45) is 5.92 Å². The Morgan fingerprint density at radius 1 is 1.12 bits per heavy atom. The Morgan fingerprint density at radius 2 is 1.71 bits per heavy atom. The summed E-state index contributed by atoms with van der Waals surface area (Å²) in [6.07, 6.45) is 3.64. The molecule has 24 heavy (non-hydrogen) atoms. The summed E-state index contributed by atoms with van der Waals surface area (Å²) in [6, 6.07) is 4.34. The summed E-state index contributed by atoms with van der Waals surface area (Å²) in [6.45, 7) is 4.90. The number of nitrogens with zero attached hydrogens (tertiary/aromatic N) is 1. The molecule has 1 fully saturated rings. The Balaban J connectivity index is 2.10. The molecular weight excluding hydrogens is 306 g/mol. The van der Waals surface area contributed by atoms with E-state index in [4.69, 9.17) is 14.2 Å². The third-order valence-corrected chi connectivity index (χ3v) is 4.26. The topological polar surface area (TPSA) is 48.0 Å². The molecule has 0 aliphatic heterocycles. The molecule has 0 bridgehead atoms. The van der Waals surface area contributed by atoms with Crippen LogP contribution in [0.1, 0.15) is 38.7 Å². The SMILES string of the molecule is COc1cc(CCN(C(=O)CC(C)C)C2CC2)cc(OC)c1OC. The summed E-state index contributed by atoms with van der Waals surface area (Å²) < 4.78 is 16.2. The van der Waals surface area contributed by atoms with Crippen molar-refractivity contribution in [1.82, 2.24) is 4.90 Å². The summed E-state index contributed by atoms with van der Waals surface area (Å²) in [5, 5.41) is 0. The molecule has 0 N–H and O–H groups in total. The molecule has 1 aromatic carbocycles. The number of ether oxygens (including phenoxy) is 3. The van der Waals surface area contributed by atoms with Gasteiger partial charge in [-0.3, -0.25) is 4.79 Å². The van der Waals surface area contributed by atoms with E-state index in [1.807, 2.05) is 17.0 Å². The zero-order valence-electron chi connectivity index (χ0n) is 15.4. The second-order valence-corrected chi connectivity index (χ2v) is 6.70. The molecule has 0 radical (unpaired) electrons. The zero-order valence-corrected chi connectivity index (χ0v) is 15.4. The van der Waals surface area contributed by atoms with Gasteiger partial charge >= 0.3 is 0 Å². The molecule has 1 saturated carbocycles. The number of amides is 1. The summed E-state index contributed by atoms with van der Waals surface area (Å²) in [7, 11) is 4.83. The van der Waals surface area contributed by atoms with Crippen molar-refractivity contribution in [3.05, 3.63) is 17.7 Å². The van der Waals surface area contributed by atoms with E-state index in [0.717, 1.165) is 31.4 Å². The van der Waals surface area contributed by atoms with Crippen molar-refractivity contribution in [3.63, 3.8) is 0 Å². The Hall–Kier alpha value is -1.91. The average Bonchev–Trinajstić information content (AvgIpc) is 3.38. The summed E-state index contributed by atoms with van der Waals surface area (Å²) >= 11 is 0. The van der Waals surface area contributed by atoms with Gasteiger partial charge in [0.1, 0.15) is 0 Å². The normalized spacial score (nSPS) is 13.8. The monoisotopic (exact) mass is 335 g/mol. The Labute approximate surface area is 144 Å². The molecule has 0 unspecified atom stereocenters. The van der Waals surface area contributed by atoms with Gasteiger partial charge in [0, 0.05) is 19.0 Å². The predicted octanol–water partition coefficient (Wildman–Crippen LogP) is 3.29. The predicted molar refractivity (Wildman–Crippen MR) is 94.0 cm³/mol. The van der Waals surface area contributed by atoms with Crippen LogP contribution >= 0.6 is 0 Å². The lowest BCUT2D eigenvalue weighted by Crippen LogP contribution is -2.35. The number of carbonyl (C=O) groups is 1. The molecule has 0 atom stereocenters. The summed E-state index contributed by atoms with van der Waals surface area (Å²) in [5.41, 5.74) is 1.08. The van der Waals surface area contributed by atoms with Gasteiger partial charge in [-0.1, -0.05) is 13.8 Å². The van der Waals surface area contributed by atoms with E-state index >= 15 is 0 Å². The number of methoxy groups -OCH3 is 3. The Morgan fingerprint density at radius 3 is 2.12 bits per heavy atom. The second kappa shape index (κ2) is 8.27. The van der Waals surface area contributed by atoms with Crippen LogP contribution in [0, 0.1) is 5.92 Å². The van der Waals surface area contributed by atoms with Crippen molar-refractivity contribution in [2.45, 2.75) is 45.6 Å². The van der Waals surface area contributed by atoms with Gasteiger partial charge in [0.2, 0.25) is 11.7 Å². The van der Waals surface area contributed by atoms with Gasteiger partial charge in [0.25, 0.3) is 0 Å². The summed E-state index contributed by atoms with van der Waals surface area (Å²) in [4.78, 5) is 14.5. The van der Waals surface area contributed by atoms with Crippen molar-refractivity contribution in [1.29, 1.82) is 0 Å². The fourth-order valence-electron chi connectivity index (χ4n) is 2.89. The van der Waals surface area contributed by atoms with Crippen LogP contribution in [-0.2, 0) is 11.2 Å². The van der Waals surface area contributed by atoms with E-state index < -0.39 is 0 Å². The standard InChI is InChI=1S/C19H29NO4/c1-13(2)10-18(21)20(15-6-7-15)9-8-14-11-16(22-3)19(24-5)17(12-14)23-4/h11-13,15H,6-10H2,1-5H3. The number of carbonyl (C=O) groups excluding carboxylic acids is 1. The van der Waals surface area contributed by atoms with Crippen molar-refractivity contribution < 1.29 is 19.0 Å². The molecule has 0 spiro atoms. The van der Waals surface area contributed by atoms with E-state index in [1.165, 1.54) is 0 Å². The van der Waals surface area contributed by atoms with Gasteiger partial charge in [-0.2, -0.15) is 0 Å². The van der Waals surface area contributed by atoms with Crippen LogP contribution in [0.5, 0.6) is 17.2 Å². The van der Waals surface area contributed by atoms with E-state index in [1.54, 1.807) is 21.3 Å². The smallest absolute Gasteiger partial charge is 0.223 e. The number of rotatable bonds is 9. The molecule has 2 rings (SSSR count). The second-order valence-electron chi connectivity index (χ2n) is 6.70. The van der Waals surface area contributed by atoms with E-state index in [-0.39, 0.29) is 5.91 Å². The quantitative estimate of drug-likeness (QED) is 0.695. The minimum absolute atomic E-state index is 0.264. The highest BCUT2D eigenvalue weighted by molar-refractivity contribution is 5.77. The maximum Gasteiger partial charge on any atom is 0.223 e. The van der Waals surface area contributed by atoms with Gasteiger partial charge in [-0.05, 0) is 42.9 Å². The fraction of sp³-hybridized carbons (Fsp3) is 0.632. The first kappa shape index (κ1) is 18.4. The zero-order chi connectivity index (χ0) is 17.7. The fourth-order valence-corrected chi connectivity index (χ4v) is 2.89. The molecule has 1 aromatic rings. The number of benzene rings is 1. The first-order valence-electron chi connectivity index (χ1n) is 8.58. The molecule has 0 heterocycles. The third-order valence-electron chi connectivity index (χ3n) is 4.26. The van der Waals surface area contributed by atoms with Crippen molar-refractivity contribution in [3.8, 4) is 17.2 Å². The Bertz CT molecular complexity index is 541. The molecule has 0 saturated heterocycles. The lowest BCUT2D eigenvalue weighted by Gasteiger charge is -2.24. The van der Waals surface area contributed by atoms with Crippen LogP contribution in [0.4, 0.5) is 0 Å². The molecule has 1 amide bonds. The van der Waals surface area contributed by atoms with Crippen molar-refractivity contribution >= 4 is 5.91 Å². The molecule has 0 aromatic heterocycles. The van der Waals surface area contributed by atoms with Crippen LogP contribution in [0.2, 0.25) is 0 Å². The third kappa shape index (κ3) is 4.56. The molecule has 1 aliphatic rings. The summed E-state index contributed by atoms with van der Waals surface area (Å²) in [5.74, 6) is 2.55. The minimum atomic E-state index is 0.264.